The van der Waals surface area contributed by atoms with E-state index in [1.165, 1.54) is 6.92 Å². The summed E-state index contributed by atoms with van der Waals surface area (Å²) >= 11 is 0. The topological polar surface area (TPSA) is 60.4 Å². The van der Waals surface area contributed by atoms with E-state index >= 15 is 0 Å². The van der Waals surface area contributed by atoms with Crippen molar-refractivity contribution in [1.82, 2.24) is 0 Å². The van der Waals surface area contributed by atoms with Crippen LogP contribution in [0.3, 0.4) is 0 Å². The molecule has 0 heterocycles. The maximum absolute atomic E-state index is 11.4. The van der Waals surface area contributed by atoms with E-state index < -0.39 is 14.5 Å². The number of halogens is 1. The Hall–Kier alpha value is -1.07. The average molecular weight is 305 g/mol. The first kappa shape index (κ1) is 16.0. The largest absolute Gasteiger partial charge is 0.492 e. The van der Waals surface area contributed by atoms with E-state index in [0.717, 1.165) is 0 Å². The number of para-hydroxylation sites is 1. The van der Waals surface area contributed by atoms with Crippen LogP contribution in [0.4, 0.5) is 0 Å². The van der Waals surface area contributed by atoms with Gasteiger partial charge >= 0.3 is 0 Å². The molecule has 106 valence electrons. The van der Waals surface area contributed by atoms with Crippen LogP contribution in [0.1, 0.15) is 31.1 Å². The number of hydrogen-bond donors (Lipinski definition) is 0. The van der Waals surface area contributed by atoms with Gasteiger partial charge < -0.3 is 4.74 Å². The predicted octanol–water partition coefficient (Wildman–Crippen LogP) is 2.86. The zero-order valence-electron chi connectivity index (χ0n) is 11.1. The molecule has 0 saturated heterocycles. The SMILES string of the molecule is CC(=O)c1ccccc1OCC(C)(C)CS(=O)(=O)Cl. The van der Waals surface area contributed by atoms with Crippen LogP contribution in [0.25, 0.3) is 0 Å². The first-order valence-corrected chi connectivity index (χ1v) is 8.24. The van der Waals surface area contributed by atoms with Gasteiger partial charge in [-0.05, 0) is 19.1 Å². The van der Waals surface area contributed by atoms with Crippen LogP contribution in [-0.4, -0.2) is 26.6 Å². The fraction of sp³-hybridized carbons (Fsp3) is 0.462. The number of carbonyl (C=O) groups is 1. The maximum Gasteiger partial charge on any atom is 0.233 e. The molecule has 0 fully saturated rings. The second-order valence-corrected chi connectivity index (χ2v) is 7.97. The van der Waals surface area contributed by atoms with E-state index in [1.54, 1.807) is 38.1 Å². The maximum atomic E-state index is 11.4. The van der Waals surface area contributed by atoms with Gasteiger partial charge in [0.1, 0.15) is 5.75 Å². The highest BCUT2D eigenvalue weighted by atomic mass is 35.7. The molecular weight excluding hydrogens is 288 g/mol. The van der Waals surface area contributed by atoms with Crippen LogP contribution >= 0.6 is 10.7 Å². The quantitative estimate of drug-likeness (QED) is 0.599. The van der Waals surface area contributed by atoms with Crippen LogP contribution in [0, 0.1) is 5.41 Å². The summed E-state index contributed by atoms with van der Waals surface area (Å²) in [5.74, 6) is 0.164. The van der Waals surface area contributed by atoms with Crippen molar-refractivity contribution in [2.24, 2.45) is 5.41 Å². The summed E-state index contributed by atoms with van der Waals surface area (Å²) in [4.78, 5) is 11.4. The van der Waals surface area contributed by atoms with Crippen molar-refractivity contribution in [3.63, 3.8) is 0 Å². The van der Waals surface area contributed by atoms with Gasteiger partial charge in [0.15, 0.2) is 5.78 Å². The first-order chi connectivity index (χ1) is 8.61. The minimum Gasteiger partial charge on any atom is -0.492 e. The number of carbonyl (C=O) groups excluding carboxylic acids is 1. The van der Waals surface area contributed by atoms with E-state index in [4.69, 9.17) is 15.4 Å². The van der Waals surface area contributed by atoms with Gasteiger partial charge in [0.2, 0.25) is 9.05 Å². The van der Waals surface area contributed by atoms with Gasteiger partial charge in [0.05, 0.1) is 17.9 Å². The molecule has 0 aliphatic rings. The highest BCUT2D eigenvalue weighted by molar-refractivity contribution is 8.13. The third-order valence-corrected chi connectivity index (χ3v) is 3.90. The smallest absolute Gasteiger partial charge is 0.233 e. The van der Waals surface area contributed by atoms with Crippen molar-refractivity contribution < 1.29 is 17.9 Å². The molecule has 6 heteroatoms. The molecule has 1 rings (SSSR count). The molecule has 1 aromatic rings. The van der Waals surface area contributed by atoms with E-state index in [2.05, 4.69) is 0 Å². The number of ether oxygens (including phenoxy) is 1. The second kappa shape index (κ2) is 5.92. The lowest BCUT2D eigenvalue weighted by molar-refractivity contribution is 0.101. The predicted molar refractivity (Wildman–Crippen MR) is 75.4 cm³/mol. The molecule has 0 atom stereocenters. The lowest BCUT2D eigenvalue weighted by atomic mass is 9.98. The van der Waals surface area contributed by atoms with Crippen LogP contribution < -0.4 is 4.74 Å². The van der Waals surface area contributed by atoms with E-state index in [1.807, 2.05) is 0 Å². The molecule has 0 amide bonds. The summed E-state index contributed by atoms with van der Waals surface area (Å²) in [6, 6.07) is 6.86. The van der Waals surface area contributed by atoms with Gasteiger partial charge in [-0.15, -0.1) is 0 Å². The molecule has 0 radical (unpaired) electrons. The van der Waals surface area contributed by atoms with Crippen molar-refractivity contribution in [1.29, 1.82) is 0 Å². The molecule has 0 bridgehead atoms. The summed E-state index contributed by atoms with van der Waals surface area (Å²) in [6.07, 6.45) is 0. The molecule has 0 aliphatic carbocycles. The normalized spacial score (nSPS) is 12.2. The molecule has 4 nitrogen and oxygen atoms in total. The molecule has 0 N–H and O–H groups in total. The molecule has 0 saturated carbocycles. The third-order valence-electron chi connectivity index (χ3n) is 2.45. The fourth-order valence-electron chi connectivity index (χ4n) is 1.66. The Bertz CT molecular complexity index is 564. The van der Waals surface area contributed by atoms with Gasteiger partial charge in [0.25, 0.3) is 0 Å². The molecule has 0 unspecified atom stereocenters. The van der Waals surface area contributed by atoms with Gasteiger partial charge in [-0.1, -0.05) is 26.0 Å². The minimum atomic E-state index is -3.59. The van der Waals surface area contributed by atoms with Crippen LogP contribution in [-0.2, 0) is 9.05 Å². The Balaban J connectivity index is 2.80. The lowest BCUT2D eigenvalue weighted by Crippen LogP contribution is -2.28. The Morgan fingerprint density at radius 3 is 2.42 bits per heavy atom. The Morgan fingerprint density at radius 1 is 1.32 bits per heavy atom. The number of ketones is 1. The molecule has 0 spiro atoms. The number of hydrogen-bond acceptors (Lipinski definition) is 4. The number of rotatable bonds is 6. The van der Waals surface area contributed by atoms with Gasteiger partial charge in [0, 0.05) is 16.1 Å². The first-order valence-electron chi connectivity index (χ1n) is 5.76. The Labute approximate surface area is 118 Å². The number of Topliss-reactive ketones (excluding diaryl/α,β-unsaturated/α-hetero) is 1. The zero-order valence-corrected chi connectivity index (χ0v) is 12.7. The molecule has 0 aliphatic heterocycles. The highest BCUT2D eigenvalue weighted by Gasteiger charge is 2.26. The van der Waals surface area contributed by atoms with E-state index in [-0.39, 0.29) is 18.1 Å². The summed E-state index contributed by atoms with van der Waals surface area (Å²) in [7, 11) is 1.66. The van der Waals surface area contributed by atoms with Crippen molar-refractivity contribution >= 4 is 25.5 Å². The van der Waals surface area contributed by atoms with Crippen molar-refractivity contribution in [2.45, 2.75) is 20.8 Å². The standard InChI is InChI=1S/C13H17ClO4S/c1-10(15)11-6-4-5-7-12(11)18-8-13(2,3)9-19(14,16)17/h4-7H,8-9H2,1-3H3. The second-order valence-electron chi connectivity index (χ2n) is 5.19. The molecule has 19 heavy (non-hydrogen) atoms. The monoisotopic (exact) mass is 304 g/mol. The van der Waals surface area contributed by atoms with Gasteiger partial charge in [-0.3, -0.25) is 4.79 Å². The highest BCUT2D eigenvalue weighted by Crippen LogP contribution is 2.24. The minimum absolute atomic E-state index is 0.0987. The summed E-state index contributed by atoms with van der Waals surface area (Å²) in [5.41, 5.74) is -0.156. The van der Waals surface area contributed by atoms with Crippen molar-refractivity contribution in [3.8, 4) is 5.75 Å². The molecular formula is C13H17ClO4S. The summed E-state index contributed by atoms with van der Waals surface area (Å²) in [5, 5.41) is 0. The molecule has 1 aromatic carbocycles. The Morgan fingerprint density at radius 2 is 1.89 bits per heavy atom. The average Bonchev–Trinajstić information content (AvgIpc) is 2.23. The van der Waals surface area contributed by atoms with Crippen LogP contribution in [0.5, 0.6) is 5.75 Å². The summed E-state index contributed by atoms with van der Waals surface area (Å²) < 4.78 is 27.7. The van der Waals surface area contributed by atoms with Crippen LogP contribution in [0.15, 0.2) is 24.3 Å². The van der Waals surface area contributed by atoms with E-state index in [0.29, 0.717) is 11.3 Å². The lowest BCUT2D eigenvalue weighted by Gasteiger charge is -2.23. The van der Waals surface area contributed by atoms with Gasteiger partial charge in [-0.2, -0.15) is 0 Å². The van der Waals surface area contributed by atoms with Crippen LogP contribution in [0.2, 0.25) is 0 Å². The number of benzene rings is 1. The molecule has 0 aromatic heterocycles. The fourth-order valence-corrected chi connectivity index (χ4v) is 3.57. The third kappa shape index (κ3) is 5.61. The van der Waals surface area contributed by atoms with Gasteiger partial charge in [-0.25, -0.2) is 8.42 Å². The van der Waals surface area contributed by atoms with Crippen molar-refractivity contribution in [2.75, 3.05) is 12.4 Å². The van der Waals surface area contributed by atoms with E-state index in [9.17, 15) is 13.2 Å². The summed E-state index contributed by atoms with van der Waals surface area (Å²) in [6.45, 7) is 5.09. The Kier molecular flexibility index (Phi) is 4.98. The zero-order chi connectivity index (χ0) is 14.7. The van der Waals surface area contributed by atoms with Crippen molar-refractivity contribution in [3.05, 3.63) is 29.8 Å².